The Labute approximate surface area is 113 Å². The Balaban J connectivity index is 1.68. The standard InChI is InChI=1S/C14H23NO4/c1-9-2-5-11(19-9)6-7-13(16)15-12(14(17)18)8-10-3-4-10/h9-12H,2-8H2,1H3,(H,15,16)(H,17,18). The Morgan fingerprint density at radius 3 is 2.58 bits per heavy atom. The lowest BCUT2D eigenvalue weighted by Crippen LogP contribution is -2.41. The van der Waals surface area contributed by atoms with E-state index >= 15 is 0 Å². The summed E-state index contributed by atoms with van der Waals surface area (Å²) in [7, 11) is 0. The van der Waals surface area contributed by atoms with E-state index in [0.717, 1.165) is 25.7 Å². The number of carbonyl (C=O) groups excluding carboxylic acids is 1. The van der Waals surface area contributed by atoms with Crippen molar-refractivity contribution in [1.82, 2.24) is 5.32 Å². The van der Waals surface area contributed by atoms with E-state index in [4.69, 9.17) is 9.84 Å². The summed E-state index contributed by atoms with van der Waals surface area (Å²) in [6.45, 7) is 2.04. The van der Waals surface area contributed by atoms with Crippen molar-refractivity contribution in [3.05, 3.63) is 0 Å². The van der Waals surface area contributed by atoms with Crippen molar-refractivity contribution in [3.8, 4) is 0 Å². The third-order valence-electron chi connectivity index (χ3n) is 3.91. The maximum atomic E-state index is 11.8. The lowest BCUT2D eigenvalue weighted by molar-refractivity contribution is -0.142. The summed E-state index contributed by atoms with van der Waals surface area (Å²) in [4.78, 5) is 22.8. The van der Waals surface area contributed by atoms with Gasteiger partial charge in [0.15, 0.2) is 0 Å². The Bertz CT molecular complexity index is 340. The highest BCUT2D eigenvalue weighted by molar-refractivity contribution is 5.83. The molecule has 0 spiro atoms. The molecule has 0 aromatic carbocycles. The predicted octanol–water partition coefficient (Wildman–Crippen LogP) is 1.70. The molecule has 0 bridgehead atoms. The average Bonchev–Trinajstić information content (AvgIpc) is 3.07. The number of hydrogen-bond acceptors (Lipinski definition) is 3. The molecule has 19 heavy (non-hydrogen) atoms. The first-order chi connectivity index (χ1) is 9.04. The lowest BCUT2D eigenvalue weighted by Gasteiger charge is -2.15. The monoisotopic (exact) mass is 269 g/mol. The number of rotatable bonds is 7. The van der Waals surface area contributed by atoms with Crippen molar-refractivity contribution in [2.24, 2.45) is 5.92 Å². The third kappa shape index (κ3) is 4.82. The van der Waals surface area contributed by atoms with Gasteiger partial charge in [0.2, 0.25) is 5.91 Å². The SMILES string of the molecule is CC1CCC(CCC(=O)NC(CC2CC2)C(=O)O)O1. The molecule has 108 valence electrons. The zero-order chi connectivity index (χ0) is 13.8. The summed E-state index contributed by atoms with van der Waals surface area (Å²) in [5, 5.41) is 11.7. The van der Waals surface area contributed by atoms with Crippen molar-refractivity contribution in [1.29, 1.82) is 0 Å². The second-order valence-electron chi connectivity index (χ2n) is 5.82. The predicted molar refractivity (Wildman–Crippen MR) is 69.7 cm³/mol. The number of ether oxygens (including phenoxy) is 1. The number of carboxylic acids is 1. The molecule has 1 heterocycles. The molecule has 0 aromatic heterocycles. The highest BCUT2D eigenvalue weighted by Crippen LogP contribution is 2.33. The van der Waals surface area contributed by atoms with Gasteiger partial charge in [-0.3, -0.25) is 4.79 Å². The summed E-state index contributed by atoms with van der Waals surface area (Å²) in [5.41, 5.74) is 0. The van der Waals surface area contributed by atoms with Gasteiger partial charge in [-0.15, -0.1) is 0 Å². The fourth-order valence-electron chi connectivity index (χ4n) is 2.56. The van der Waals surface area contributed by atoms with Crippen LogP contribution in [-0.4, -0.2) is 35.2 Å². The number of nitrogens with one attached hydrogen (secondary N) is 1. The van der Waals surface area contributed by atoms with Crippen molar-refractivity contribution in [2.75, 3.05) is 0 Å². The van der Waals surface area contributed by atoms with Crippen LogP contribution in [0.2, 0.25) is 0 Å². The Morgan fingerprint density at radius 2 is 2.05 bits per heavy atom. The molecule has 1 aliphatic carbocycles. The van der Waals surface area contributed by atoms with Crippen LogP contribution in [0.15, 0.2) is 0 Å². The van der Waals surface area contributed by atoms with Gasteiger partial charge in [-0.2, -0.15) is 0 Å². The topological polar surface area (TPSA) is 75.6 Å². The van der Waals surface area contributed by atoms with Gasteiger partial charge in [-0.05, 0) is 38.5 Å². The number of carboxylic acid groups (broad SMARTS) is 1. The average molecular weight is 269 g/mol. The molecule has 0 aromatic rings. The summed E-state index contributed by atoms with van der Waals surface area (Å²) in [6, 6.07) is -0.719. The van der Waals surface area contributed by atoms with Gasteiger partial charge >= 0.3 is 5.97 Å². The van der Waals surface area contributed by atoms with E-state index in [-0.39, 0.29) is 18.1 Å². The smallest absolute Gasteiger partial charge is 0.326 e. The molecule has 2 N–H and O–H groups in total. The van der Waals surface area contributed by atoms with Crippen molar-refractivity contribution >= 4 is 11.9 Å². The van der Waals surface area contributed by atoms with Crippen LogP contribution in [0.25, 0.3) is 0 Å². The van der Waals surface area contributed by atoms with Crippen molar-refractivity contribution < 1.29 is 19.4 Å². The van der Waals surface area contributed by atoms with Gasteiger partial charge < -0.3 is 15.2 Å². The quantitative estimate of drug-likeness (QED) is 0.737. The Morgan fingerprint density at radius 1 is 1.32 bits per heavy atom. The first kappa shape index (κ1) is 14.3. The minimum Gasteiger partial charge on any atom is -0.480 e. The maximum absolute atomic E-state index is 11.8. The van der Waals surface area contributed by atoms with Gasteiger partial charge in [0, 0.05) is 6.42 Å². The van der Waals surface area contributed by atoms with E-state index in [0.29, 0.717) is 25.2 Å². The van der Waals surface area contributed by atoms with Crippen LogP contribution >= 0.6 is 0 Å². The molecule has 2 rings (SSSR count). The van der Waals surface area contributed by atoms with Gasteiger partial charge in [0.25, 0.3) is 0 Å². The third-order valence-corrected chi connectivity index (χ3v) is 3.91. The van der Waals surface area contributed by atoms with Crippen LogP contribution < -0.4 is 5.32 Å². The van der Waals surface area contributed by atoms with Gasteiger partial charge in [-0.1, -0.05) is 12.8 Å². The fraction of sp³-hybridized carbons (Fsp3) is 0.857. The summed E-state index contributed by atoms with van der Waals surface area (Å²) >= 11 is 0. The van der Waals surface area contributed by atoms with Crippen LogP contribution in [0.3, 0.4) is 0 Å². The Kier molecular flexibility index (Phi) is 4.80. The summed E-state index contributed by atoms with van der Waals surface area (Å²) in [6.07, 6.45) is 6.28. The number of aliphatic carboxylic acids is 1. The first-order valence-electron chi connectivity index (χ1n) is 7.22. The van der Waals surface area contributed by atoms with E-state index in [9.17, 15) is 9.59 Å². The molecular formula is C14H23NO4. The molecule has 2 fully saturated rings. The zero-order valence-electron chi connectivity index (χ0n) is 11.4. The summed E-state index contributed by atoms with van der Waals surface area (Å²) in [5.74, 6) is -0.609. The molecule has 2 aliphatic rings. The van der Waals surface area contributed by atoms with E-state index in [2.05, 4.69) is 5.32 Å². The maximum Gasteiger partial charge on any atom is 0.326 e. The number of hydrogen-bond donors (Lipinski definition) is 2. The number of amides is 1. The van der Waals surface area contributed by atoms with Crippen molar-refractivity contribution in [3.63, 3.8) is 0 Å². The van der Waals surface area contributed by atoms with Crippen LogP contribution in [0.4, 0.5) is 0 Å². The van der Waals surface area contributed by atoms with E-state index < -0.39 is 12.0 Å². The largest absolute Gasteiger partial charge is 0.480 e. The first-order valence-corrected chi connectivity index (χ1v) is 7.22. The molecule has 5 heteroatoms. The van der Waals surface area contributed by atoms with Gasteiger partial charge in [-0.25, -0.2) is 4.79 Å². The van der Waals surface area contributed by atoms with Crippen LogP contribution in [0, 0.1) is 5.92 Å². The van der Waals surface area contributed by atoms with E-state index in [1.807, 2.05) is 6.92 Å². The zero-order valence-corrected chi connectivity index (χ0v) is 11.4. The molecule has 1 aliphatic heterocycles. The molecule has 3 unspecified atom stereocenters. The van der Waals surface area contributed by atoms with Crippen LogP contribution in [-0.2, 0) is 14.3 Å². The van der Waals surface area contributed by atoms with Crippen molar-refractivity contribution in [2.45, 2.75) is 70.1 Å². The summed E-state index contributed by atoms with van der Waals surface area (Å²) < 4.78 is 5.64. The highest BCUT2D eigenvalue weighted by Gasteiger charge is 2.30. The van der Waals surface area contributed by atoms with Gasteiger partial charge in [0.1, 0.15) is 6.04 Å². The Hall–Kier alpha value is -1.10. The van der Waals surface area contributed by atoms with Gasteiger partial charge in [0.05, 0.1) is 12.2 Å². The second kappa shape index (κ2) is 6.37. The fourth-order valence-corrected chi connectivity index (χ4v) is 2.56. The molecule has 1 saturated heterocycles. The van der Waals surface area contributed by atoms with E-state index in [1.54, 1.807) is 0 Å². The van der Waals surface area contributed by atoms with Crippen LogP contribution in [0.1, 0.15) is 51.9 Å². The number of carbonyl (C=O) groups is 2. The van der Waals surface area contributed by atoms with E-state index in [1.165, 1.54) is 0 Å². The van der Waals surface area contributed by atoms with Crippen LogP contribution in [0.5, 0.6) is 0 Å². The minimum atomic E-state index is -0.925. The normalized spacial score (nSPS) is 28.1. The molecule has 1 amide bonds. The minimum absolute atomic E-state index is 0.160. The molecule has 1 saturated carbocycles. The molecule has 5 nitrogen and oxygen atoms in total. The molecule has 3 atom stereocenters. The molecule has 0 radical (unpaired) electrons. The second-order valence-corrected chi connectivity index (χ2v) is 5.82. The lowest BCUT2D eigenvalue weighted by atomic mass is 10.1. The molecular weight excluding hydrogens is 246 g/mol. The highest BCUT2D eigenvalue weighted by atomic mass is 16.5.